The highest BCUT2D eigenvalue weighted by atomic mass is 15.2. The Kier molecular flexibility index (Phi) is 2.52. The van der Waals surface area contributed by atoms with Crippen LogP contribution in [-0.2, 0) is 0 Å². The van der Waals surface area contributed by atoms with Gasteiger partial charge in [-0.15, -0.1) is 0 Å². The number of rotatable bonds is 2. The summed E-state index contributed by atoms with van der Waals surface area (Å²) >= 11 is 0. The van der Waals surface area contributed by atoms with Crippen molar-refractivity contribution >= 4 is 0 Å². The van der Waals surface area contributed by atoms with Gasteiger partial charge in [0, 0.05) is 19.6 Å². The number of nitrogens with one attached hydrogen (secondary N) is 1. The van der Waals surface area contributed by atoms with E-state index in [9.17, 15) is 0 Å². The van der Waals surface area contributed by atoms with Gasteiger partial charge in [0.05, 0.1) is 0 Å². The van der Waals surface area contributed by atoms with E-state index in [4.69, 9.17) is 0 Å². The van der Waals surface area contributed by atoms with Crippen molar-refractivity contribution in [2.24, 2.45) is 17.3 Å². The van der Waals surface area contributed by atoms with E-state index in [0.29, 0.717) is 0 Å². The largest absolute Gasteiger partial charge is 0.317 e. The molecule has 2 heterocycles. The topological polar surface area (TPSA) is 15.3 Å². The van der Waals surface area contributed by atoms with Crippen LogP contribution in [0.5, 0.6) is 0 Å². The molecule has 0 aromatic rings. The first kappa shape index (κ1) is 10.1. The van der Waals surface area contributed by atoms with Gasteiger partial charge in [0.2, 0.25) is 0 Å². The Morgan fingerprint density at radius 2 is 1.87 bits per heavy atom. The van der Waals surface area contributed by atoms with Crippen LogP contribution in [0.1, 0.15) is 32.6 Å². The van der Waals surface area contributed by atoms with Crippen molar-refractivity contribution in [1.29, 1.82) is 0 Å². The van der Waals surface area contributed by atoms with Gasteiger partial charge in [0.15, 0.2) is 0 Å². The molecule has 86 valence electrons. The predicted molar refractivity (Wildman–Crippen MR) is 62.9 cm³/mol. The molecule has 3 fully saturated rings. The van der Waals surface area contributed by atoms with E-state index in [1.54, 1.807) is 0 Å². The van der Waals surface area contributed by atoms with Crippen molar-refractivity contribution in [3.63, 3.8) is 0 Å². The molecule has 1 spiro atoms. The maximum Gasteiger partial charge on any atom is 0.00508 e. The fourth-order valence-corrected chi connectivity index (χ4v) is 4.14. The Balaban J connectivity index is 1.40. The summed E-state index contributed by atoms with van der Waals surface area (Å²) in [5.74, 6) is 2.01. The van der Waals surface area contributed by atoms with Gasteiger partial charge in [-0.1, -0.05) is 6.92 Å². The molecule has 0 amide bonds. The maximum atomic E-state index is 3.45. The molecular formula is C13H24N2. The molecule has 2 nitrogen and oxygen atoms in total. The summed E-state index contributed by atoms with van der Waals surface area (Å²) in [4.78, 5) is 2.71. The predicted octanol–water partition coefficient (Wildman–Crippen LogP) is 1.72. The fraction of sp³-hybridized carbons (Fsp3) is 1.00. The quantitative estimate of drug-likeness (QED) is 0.743. The van der Waals surface area contributed by atoms with Gasteiger partial charge in [-0.3, -0.25) is 0 Å². The molecule has 2 saturated heterocycles. The lowest BCUT2D eigenvalue weighted by molar-refractivity contribution is -0.0954. The van der Waals surface area contributed by atoms with E-state index >= 15 is 0 Å². The smallest absolute Gasteiger partial charge is 0.00508 e. The summed E-state index contributed by atoms with van der Waals surface area (Å²) in [6.45, 7) is 9.13. The summed E-state index contributed by atoms with van der Waals surface area (Å²) in [7, 11) is 0. The van der Waals surface area contributed by atoms with Gasteiger partial charge in [-0.25, -0.2) is 0 Å². The molecule has 15 heavy (non-hydrogen) atoms. The zero-order chi connectivity index (χ0) is 10.3. The molecule has 2 aliphatic heterocycles. The molecular weight excluding hydrogens is 184 g/mol. The van der Waals surface area contributed by atoms with E-state index in [-0.39, 0.29) is 0 Å². The minimum Gasteiger partial charge on any atom is -0.317 e. The molecule has 0 bridgehead atoms. The average Bonchev–Trinajstić information content (AvgIpc) is 2.14. The van der Waals surface area contributed by atoms with Crippen LogP contribution in [0.15, 0.2) is 0 Å². The number of hydrogen-bond donors (Lipinski definition) is 1. The van der Waals surface area contributed by atoms with Gasteiger partial charge >= 0.3 is 0 Å². The molecule has 0 atom stereocenters. The van der Waals surface area contributed by atoms with Crippen LogP contribution in [0, 0.1) is 17.3 Å². The Hall–Kier alpha value is -0.0800. The zero-order valence-corrected chi connectivity index (χ0v) is 9.97. The molecule has 2 heteroatoms. The van der Waals surface area contributed by atoms with Crippen molar-refractivity contribution in [2.45, 2.75) is 32.6 Å². The summed E-state index contributed by atoms with van der Waals surface area (Å²) in [6, 6.07) is 0. The van der Waals surface area contributed by atoms with Crippen molar-refractivity contribution in [2.75, 3.05) is 32.7 Å². The highest BCUT2D eigenvalue weighted by Crippen LogP contribution is 2.51. The molecule has 3 aliphatic rings. The standard InChI is InChI=1S/C13H24N2/c1-11-6-13(7-11)9-15(10-13)8-12-2-4-14-5-3-12/h11-12,14H,2-10H2,1H3. The molecule has 0 aromatic heterocycles. The third-order valence-corrected chi connectivity index (χ3v) is 4.66. The van der Waals surface area contributed by atoms with E-state index in [1.165, 1.54) is 58.4 Å². The third-order valence-electron chi connectivity index (χ3n) is 4.66. The molecule has 3 rings (SSSR count). The third kappa shape index (κ3) is 1.94. The Labute approximate surface area is 93.4 Å². The highest BCUT2D eigenvalue weighted by Gasteiger charge is 2.50. The monoisotopic (exact) mass is 208 g/mol. The molecule has 1 aliphatic carbocycles. The highest BCUT2D eigenvalue weighted by molar-refractivity contribution is 5.03. The van der Waals surface area contributed by atoms with E-state index < -0.39 is 0 Å². The van der Waals surface area contributed by atoms with Crippen molar-refractivity contribution < 1.29 is 0 Å². The zero-order valence-electron chi connectivity index (χ0n) is 9.97. The first-order valence-corrected chi connectivity index (χ1v) is 6.69. The van der Waals surface area contributed by atoms with Gasteiger partial charge in [0.1, 0.15) is 0 Å². The van der Waals surface area contributed by atoms with Crippen molar-refractivity contribution in [3.8, 4) is 0 Å². The van der Waals surface area contributed by atoms with Gasteiger partial charge in [-0.05, 0) is 56.0 Å². The summed E-state index contributed by atoms with van der Waals surface area (Å²) in [5.41, 5.74) is 0.798. The molecule has 1 saturated carbocycles. The summed E-state index contributed by atoms with van der Waals surface area (Å²) in [5, 5.41) is 3.45. The van der Waals surface area contributed by atoms with Crippen molar-refractivity contribution in [1.82, 2.24) is 10.2 Å². The van der Waals surface area contributed by atoms with Gasteiger partial charge in [0.25, 0.3) is 0 Å². The van der Waals surface area contributed by atoms with E-state index in [2.05, 4.69) is 17.1 Å². The first-order chi connectivity index (χ1) is 7.26. The van der Waals surface area contributed by atoms with Crippen LogP contribution in [0.3, 0.4) is 0 Å². The number of hydrogen-bond acceptors (Lipinski definition) is 2. The second kappa shape index (κ2) is 3.74. The van der Waals surface area contributed by atoms with E-state index in [1.807, 2.05) is 0 Å². The minimum atomic E-state index is 0.798. The van der Waals surface area contributed by atoms with Gasteiger partial charge < -0.3 is 10.2 Å². The van der Waals surface area contributed by atoms with Crippen LogP contribution in [-0.4, -0.2) is 37.6 Å². The number of piperidine rings is 1. The maximum absolute atomic E-state index is 3.45. The number of nitrogens with zero attached hydrogens (tertiary/aromatic N) is 1. The Morgan fingerprint density at radius 1 is 1.20 bits per heavy atom. The van der Waals surface area contributed by atoms with E-state index in [0.717, 1.165) is 17.3 Å². The van der Waals surface area contributed by atoms with Crippen LogP contribution in [0.4, 0.5) is 0 Å². The SMILES string of the molecule is CC1CC2(C1)CN(CC1CCNCC1)C2. The van der Waals surface area contributed by atoms with Crippen molar-refractivity contribution in [3.05, 3.63) is 0 Å². The number of likely N-dealkylation sites (tertiary alicyclic amines) is 1. The average molecular weight is 208 g/mol. The second-order valence-corrected chi connectivity index (χ2v) is 6.38. The van der Waals surface area contributed by atoms with Crippen LogP contribution in [0.2, 0.25) is 0 Å². The lowest BCUT2D eigenvalue weighted by Crippen LogP contribution is -2.62. The molecule has 0 unspecified atom stereocenters. The van der Waals surface area contributed by atoms with Crippen LogP contribution >= 0.6 is 0 Å². The normalized spacial score (nSPS) is 32.6. The minimum absolute atomic E-state index is 0.798. The fourth-order valence-electron chi connectivity index (χ4n) is 4.14. The first-order valence-electron chi connectivity index (χ1n) is 6.69. The Bertz CT molecular complexity index is 219. The Morgan fingerprint density at radius 3 is 2.47 bits per heavy atom. The van der Waals surface area contributed by atoms with Crippen LogP contribution < -0.4 is 5.32 Å². The molecule has 0 aromatic carbocycles. The molecule has 0 radical (unpaired) electrons. The van der Waals surface area contributed by atoms with Crippen LogP contribution in [0.25, 0.3) is 0 Å². The lowest BCUT2D eigenvalue weighted by atomic mass is 9.58. The summed E-state index contributed by atoms with van der Waals surface area (Å²) < 4.78 is 0. The molecule has 1 N–H and O–H groups in total. The summed E-state index contributed by atoms with van der Waals surface area (Å²) in [6.07, 6.45) is 5.82. The van der Waals surface area contributed by atoms with Gasteiger partial charge in [-0.2, -0.15) is 0 Å². The second-order valence-electron chi connectivity index (χ2n) is 6.38. The lowest BCUT2D eigenvalue weighted by Gasteiger charge is -2.59.